The highest BCUT2D eigenvalue weighted by atomic mass is 16.5. The van der Waals surface area contributed by atoms with Gasteiger partial charge in [0.1, 0.15) is 11.5 Å². The van der Waals surface area contributed by atoms with Gasteiger partial charge in [0.05, 0.1) is 18.2 Å². The first-order valence-corrected chi connectivity index (χ1v) is 9.13. The Morgan fingerprint density at radius 2 is 1.25 bits per heavy atom. The van der Waals surface area contributed by atoms with E-state index in [-0.39, 0.29) is 16.6 Å². The molecule has 0 fully saturated rings. The monoisotopic (exact) mass is 384 g/mol. The predicted octanol–water partition coefficient (Wildman–Crippen LogP) is 4.99. The minimum absolute atomic E-state index is 0.207. The summed E-state index contributed by atoms with van der Waals surface area (Å²) in [5, 5.41) is 10.8. The quantitative estimate of drug-likeness (QED) is 0.596. The highest BCUT2D eigenvalue weighted by Gasteiger charge is 2.28. The van der Waals surface area contributed by atoms with Gasteiger partial charge in [-0.25, -0.2) is 9.59 Å². The molecule has 0 unspecified atom stereocenters. The number of hydrogen-bond acceptors (Lipinski definition) is 5. The Balaban J connectivity index is 2.41. The molecule has 0 bridgehead atoms. The third-order valence-electron chi connectivity index (χ3n) is 4.45. The Morgan fingerprint density at radius 3 is 1.64 bits per heavy atom. The van der Waals surface area contributed by atoms with E-state index < -0.39 is 11.9 Å². The number of rotatable bonds is 3. The van der Waals surface area contributed by atoms with E-state index in [9.17, 15) is 14.7 Å². The van der Waals surface area contributed by atoms with Crippen molar-refractivity contribution in [3.8, 4) is 11.5 Å². The van der Waals surface area contributed by atoms with Gasteiger partial charge in [-0.2, -0.15) is 0 Å². The van der Waals surface area contributed by atoms with Gasteiger partial charge in [-0.1, -0.05) is 41.5 Å². The van der Waals surface area contributed by atoms with E-state index in [4.69, 9.17) is 4.74 Å². The maximum Gasteiger partial charge on any atom is 0.343 e. The van der Waals surface area contributed by atoms with E-state index in [0.29, 0.717) is 28.0 Å². The third kappa shape index (κ3) is 4.71. The molecule has 0 spiro atoms. The molecule has 0 saturated heterocycles. The molecule has 0 saturated carbocycles. The SMILES string of the molecule is COC(=O)c1ccc(OC(=O)c2cc(C(C)(C)C)c(O)c(C(C)(C)C)c2)cc1. The van der Waals surface area contributed by atoms with Crippen molar-refractivity contribution in [3.05, 3.63) is 58.7 Å². The van der Waals surface area contributed by atoms with Gasteiger partial charge in [0.25, 0.3) is 0 Å². The zero-order chi connectivity index (χ0) is 21.3. The molecule has 0 aliphatic carbocycles. The fraction of sp³-hybridized carbons (Fsp3) is 0.391. The number of benzene rings is 2. The molecule has 5 nitrogen and oxygen atoms in total. The van der Waals surface area contributed by atoms with Crippen LogP contribution in [0.5, 0.6) is 11.5 Å². The van der Waals surface area contributed by atoms with Crippen LogP contribution in [0.25, 0.3) is 0 Å². The van der Waals surface area contributed by atoms with E-state index >= 15 is 0 Å². The zero-order valence-corrected chi connectivity index (χ0v) is 17.5. The number of esters is 2. The summed E-state index contributed by atoms with van der Waals surface area (Å²) in [5.74, 6) is -0.456. The average Bonchev–Trinajstić information content (AvgIpc) is 2.59. The van der Waals surface area contributed by atoms with Gasteiger partial charge >= 0.3 is 11.9 Å². The smallest absolute Gasteiger partial charge is 0.343 e. The van der Waals surface area contributed by atoms with Crippen molar-refractivity contribution in [2.24, 2.45) is 0 Å². The number of carbonyl (C=O) groups excluding carboxylic acids is 2. The lowest BCUT2D eigenvalue weighted by Crippen LogP contribution is -2.20. The number of carbonyl (C=O) groups is 2. The van der Waals surface area contributed by atoms with E-state index in [1.165, 1.54) is 19.2 Å². The van der Waals surface area contributed by atoms with Gasteiger partial charge in [0.2, 0.25) is 0 Å². The number of phenolic OH excluding ortho intramolecular Hbond substituents is 1. The zero-order valence-electron chi connectivity index (χ0n) is 17.5. The second kappa shape index (κ2) is 7.66. The molecule has 2 aromatic carbocycles. The molecule has 2 aromatic rings. The fourth-order valence-electron chi connectivity index (χ4n) is 2.84. The summed E-state index contributed by atoms with van der Waals surface area (Å²) in [6.45, 7) is 11.9. The Bertz CT molecular complexity index is 846. The second-order valence-electron chi connectivity index (χ2n) is 8.83. The Hall–Kier alpha value is -2.82. The summed E-state index contributed by atoms with van der Waals surface area (Å²) >= 11 is 0. The molecule has 150 valence electrons. The fourth-order valence-corrected chi connectivity index (χ4v) is 2.84. The van der Waals surface area contributed by atoms with Crippen LogP contribution in [0.1, 0.15) is 73.4 Å². The van der Waals surface area contributed by atoms with Crippen LogP contribution in [0.3, 0.4) is 0 Å². The molecular formula is C23H28O5. The number of hydrogen-bond donors (Lipinski definition) is 1. The summed E-state index contributed by atoms with van der Waals surface area (Å²) in [4.78, 5) is 24.3. The lowest BCUT2D eigenvalue weighted by atomic mass is 9.78. The Morgan fingerprint density at radius 1 is 0.786 bits per heavy atom. The average molecular weight is 384 g/mol. The van der Waals surface area contributed by atoms with Gasteiger partial charge in [-0.3, -0.25) is 0 Å². The van der Waals surface area contributed by atoms with Gasteiger partial charge in [0, 0.05) is 11.1 Å². The molecule has 0 aromatic heterocycles. The Labute approximate surface area is 166 Å². The van der Waals surface area contributed by atoms with Crippen molar-refractivity contribution in [3.63, 3.8) is 0 Å². The van der Waals surface area contributed by atoms with Crippen molar-refractivity contribution in [1.82, 2.24) is 0 Å². The summed E-state index contributed by atoms with van der Waals surface area (Å²) in [5.41, 5.74) is 1.42. The number of methoxy groups -OCH3 is 1. The van der Waals surface area contributed by atoms with Crippen LogP contribution in [0.2, 0.25) is 0 Å². The van der Waals surface area contributed by atoms with E-state index in [1.807, 2.05) is 41.5 Å². The molecule has 0 aliphatic heterocycles. The molecule has 5 heteroatoms. The minimum Gasteiger partial charge on any atom is -0.507 e. The summed E-state index contributed by atoms with van der Waals surface area (Å²) in [6, 6.07) is 9.50. The molecule has 28 heavy (non-hydrogen) atoms. The van der Waals surface area contributed by atoms with Crippen molar-refractivity contribution < 1.29 is 24.2 Å². The molecule has 2 rings (SSSR count). The molecule has 1 N–H and O–H groups in total. The summed E-state index contributed by atoms with van der Waals surface area (Å²) in [6.07, 6.45) is 0. The van der Waals surface area contributed by atoms with Crippen LogP contribution in [0.15, 0.2) is 36.4 Å². The summed E-state index contributed by atoms with van der Waals surface area (Å²) < 4.78 is 10.1. The third-order valence-corrected chi connectivity index (χ3v) is 4.45. The maximum atomic E-state index is 12.8. The first-order chi connectivity index (χ1) is 12.8. The minimum atomic E-state index is -0.526. The molecular weight excluding hydrogens is 356 g/mol. The lowest BCUT2D eigenvalue weighted by Gasteiger charge is -2.27. The highest BCUT2D eigenvalue weighted by Crippen LogP contribution is 2.40. The number of phenols is 1. The van der Waals surface area contributed by atoms with Crippen molar-refractivity contribution in [2.75, 3.05) is 7.11 Å². The molecule has 0 radical (unpaired) electrons. The standard InChI is InChI=1S/C23H28O5/c1-22(2,3)17-12-15(13-18(19(17)24)23(4,5)6)21(26)28-16-10-8-14(9-11-16)20(25)27-7/h8-13,24H,1-7H3. The van der Waals surface area contributed by atoms with Crippen LogP contribution in [0.4, 0.5) is 0 Å². The second-order valence-corrected chi connectivity index (χ2v) is 8.83. The van der Waals surface area contributed by atoms with Crippen molar-refractivity contribution in [2.45, 2.75) is 52.4 Å². The molecule has 0 heterocycles. The summed E-state index contributed by atoms with van der Waals surface area (Å²) in [7, 11) is 1.31. The van der Waals surface area contributed by atoms with E-state index in [1.54, 1.807) is 24.3 Å². The first-order valence-electron chi connectivity index (χ1n) is 9.13. The van der Waals surface area contributed by atoms with E-state index in [2.05, 4.69) is 4.74 Å². The van der Waals surface area contributed by atoms with Crippen LogP contribution >= 0.6 is 0 Å². The molecule has 0 aliphatic rings. The van der Waals surface area contributed by atoms with Crippen LogP contribution in [-0.2, 0) is 15.6 Å². The van der Waals surface area contributed by atoms with Gasteiger partial charge in [0.15, 0.2) is 0 Å². The molecule has 0 atom stereocenters. The van der Waals surface area contributed by atoms with Gasteiger partial charge in [-0.15, -0.1) is 0 Å². The lowest BCUT2D eigenvalue weighted by molar-refractivity contribution is 0.0600. The number of aromatic hydroxyl groups is 1. The normalized spacial score (nSPS) is 11.8. The van der Waals surface area contributed by atoms with Gasteiger partial charge in [-0.05, 0) is 47.2 Å². The van der Waals surface area contributed by atoms with Crippen LogP contribution in [0, 0.1) is 0 Å². The largest absolute Gasteiger partial charge is 0.507 e. The number of ether oxygens (including phenoxy) is 2. The van der Waals surface area contributed by atoms with Crippen LogP contribution in [-0.4, -0.2) is 24.2 Å². The van der Waals surface area contributed by atoms with Crippen molar-refractivity contribution >= 4 is 11.9 Å². The maximum absolute atomic E-state index is 12.8. The van der Waals surface area contributed by atoms with Crippen LogP contribution < -0.4 is 4.74 Å². The Kier molecular flexibility index (Phi) is 5.88. The first kappa shape index (κ1) is 21.5. The van der Waals surface area contributed by atoms with E-state index in [0.717, 1.165) is 0 Å². The predicted molar refractivity (Wildman–Crippen MR) is 108 cm³/mol. The van der Waals surface area contributed by atoms with Crippen molar-refractivity contribution in [1.29, 1.82) is 0 Å². The highest BCUT2D eigenvalue weighted by molar-refractivity contribution is 5.92. The topological polar surface area (TPSA) is 72.8 Å². The molecule has 0 amide bonds. The van der Waals surface area contributed by atoms with Gasteiger partial charge < -0.3 is 14.6 Å².